The van der Waals surface area contributed by atoms with E-state index in [1.54, 1.807) is 6.26 Å². The lowest BCUT2D eigenvalue weighted by Gasteiger charge is -2.32. The van der Waals surface area contributed by atoms with E-state index in [1.807, 2.05) is 16.4 Å². The lowest BCUT2D eigenvalue weighted by atomic mass is 10.2. The highest BCUT2D eigenvalue weighted by Crippen LogP contribution is 2.11. The molecule has 112 valence electrons. The van der Waals surface area contributed by atoms with E-state index >= 15 is 0 Å². The molecule has 0 aliphatic carbocycles. The lowest BCUT2D eigenvalue weighted by molar-refractivity contribution is 0.178. The first-order chi connectivity index (χ1) is 9.65. The first-order valence-electron chi connectivity index (χ1n) is 7.15. The molecular formula is C15H24N2O2S. The van der Waals surface area contributed by atoms with Gasteiger partial charge < -0.3 is 9.64 Å². The third-order valence-electron chi connectivity index (χ3n) is 3.60. The molecule has 0 bridgehead atoms. The van der Waals surface area contributed by atoms with Crippen LogP contribution in [0.25, 0.3) is 0 Å². The topological polar surface area (TPSA) is 32.8 Å². The second-order valence-electron chi connectivity index (χ2n) is 5.21. The Labute approximate surface area is 124 Å². The quantitative estimate of drug-likeness (QED) is 0.749. The summed E-state index contributed by atoms with van der Waals surface area (Å²) in [5.74, 6) is 0.946. The molecule has 0 amide bonds. The normalized spacial score (nSPS) is 18.9. The van der Waals surface area contributed by atoms with E-state index in [1.165, 1.54) is 5.56 Å². The first kappa shape index (κ1) is 15.5. The van der Waals surface area contributed by atoms with Crippen LogP contribution in [0.15, 0.2) is 24.3 Å². The molecule has 1 aliphatic rings. The van der Waals surface area contributed by atoms with Gasteiger partial charge in [0.05, 0.1) is 17.6 Å². The molecule has 0 N–H and O–H groups in total. The van der Waals surface area contributed by atoms with Crippen molar-refractivity contribution in [2.24, 2.45) is 0 Å². The molecule has 1 heterocycles. The van der Waals surface area contributed by atoms with Crippen LogP contribution in [-0.4, -0.2) is 59.0 Å². The third-order valence-corrected chi connectivity index (χ3v) is 4.70. The average Bonchev–Trinajstić information content (AvgIpc) is 2.46. The van der Waals surface area contributed by atoms with Crippen LogP contribution in [0.2, 0.25) is 0 Å². The van der Waals surface area contributed by atoms with Crippen molar-refractivity contribution in [2.75, 3.05) is 45.6 Å². The average molecular weight is 296 g/mol. The summed E-state index contributed by atoms with van der Waals surface area (Å²) in [4.78, 5) is 2.42. The Hall–Kier alpha value is -0.910. The summed E-state index contributed by atoms with van der Waals surface area (Å²) in [5, 5.41) is 0. The van der Waals surface area contributed by atoms with Crippen molar-refractivity contribution in [2.45, 2.75) is 13.3 Å². The summed E-state index contributed by atoms with van der Waals surface area (Å²) >= 11 is 0. The van der Waals surface area contributed by atoms with Crippen LogP contribution in [0.3, 0.4) is 0 Å². The van der Waals surface area contributed by atoms with Gasteiger partial charge in [0, 0.05) is 39.0 Å². The molecule has 1 atom stereocenters. The monoisotopic (exact) mass is 296 g/mol. The van der Waals surface area contributed by atoms with Crippen molar-refractivity contribution in [3.05, 3.63) is 29.8 Å². The summed E-state index contributed by atoms with van der Waals surface area (Å²) in [6.07, 6.45) is 2.79. The van der Waals surface area contributed by atoms with Crippen LogP contribution < -0.4 is 4.74 Å². The molecule has 0 aromatic heterocycles. The van der Waals surface area contributed by atoms with Crippen LogP contribution >= 0.6 is 0 Å². The van der Waals surface area contributed by atoms with Gasteiger partial charge in [-0.15, -0.1) is 0 Å². The van der Waals surface area contributed by atoms with Crippen molar-refractivity contribution >= 4 is 11.0 Å². The van der Waals surface area contributed by atoms with E-state index in [0.29, 0.717) is 0 Å². The molecule has 1 fully saturated rings. The van der Waals surface area contributed by atoms with Crippen molar-refractivity contribution in [3.63, 3.8) is 0 Å². The number of hydrogen-bond donors (Lipinski definition) is 0. The van der Waals surface area contributed by atoms with Gasteiger partial charge in [-0.05, 0) is 25.5 Å². The van der Waals surface area contributed by atoms with E-state index in [9.17, 15) is 4.21 Å². The molecule has 1 unspecified atom stereocenters. The fourth-order valence-corrected chi connectivity index (χ4v) is 3.00. The van der Waals surface area contributed by atoms with Crippen LogP contribution in [0.4, 0.5) is 0 Å². The molecule has 1 aromatic carbocycles. The number of nitrogens with zero attached hydrogens (tertiary/aromatic N) is 2. The van der Waals surface area contributed by atoms with Crippen molar-refractivity contribution < 1.29 is 8.95 Å². The number of aryl methyl sites for hydroxylation is 1. The van der Waals surface area contributed by atoms with Crippen LogP contribution in [0.1, 0.15) is 12.0 Å². The molecule has 0 spiro atoms. The van der Waals surface area contributed by atoms with Gasteiger partial charge in [-0.2, -0.15) is 0 Å². The summed E-state index contributed by atoms with van der Waals surface area (Å²) < 4.78 is 19.1. The zero-order chi connectivity index (χ0) is 14.4. The van der Waals surface area contributed by atoms with Gasteiger partial charge in [0.2, 0.25) is 0 Å². The zero-order valence-corrected chi connectivity index (χ0v) is 13.2. The smallest absolute Gasteiger partial charge is 0.119 e. The fraction of sp³-hybridized carbons (Fsp3) is 0.600. The molecule has 0 saturated carbocycles. The summed E-state index contributed by atoms with van der Waals surface area (Å²) in [6.45, 7) is 7.70. The van der Waals surface area contributed by atoms with Gasteiger partial charge in [-0.25, -0.2) is 8.51 Å². The Balaban J connectivity index is 1.60. The molecule has 5 heteroatoms. The van der Waals surface area contributed by atoms with Gasteiger partial charge >= 0.3 is 0 Å². The zero-order valence-electron chi connectivity index (χ0n) is 12.4. The van der Waals surface area contributed by atoms with Gasteiger partial charge in [0.15, 0.2) is 0 Å². The van der Waals surface area contributed by atoms with Crippen LogP contribution in [0, 0.1) is 6.92 Å². The molecule has 4 nitrogen and oxygen atoms in total. The van der Waals surface area contributed by atoms with Gasteiger partial charge in [0.1, 0.15) is 5.75 Å². The summed E-state index contributed by atoms with van der Waals surface area (Å²) in [6, 6.07) is 8.17. The van der Waals surface area contributed by atoms with Gasteiger partial charge in [0.25, 0.3) is 0 Å². The molecular weight excluding hydrogens is 272 g/mol. The van der Waals surface area contributed by atoms with Crippen LogP contribution in [0.5, 0.6) is 5.75 Å². The molecule has 1 saturated heterocycles. The minimum Gasteiger partial charge on any atom is -0.494 e. The maximum absolute atomic E-state index is 11.3. The van der Waals surface area contributed by atoms with E-state index < -0.39 is 11.0 Å². The summed E-state index contributed by atoms with van der Waals surface area (Å²) in [7, 11) is -0.819. The molecule has 1 aliphatic heterocycles. The summed E-state index contributed by atoms with van der Waals surface area (Å²) in [5.41, 5.74) is 1.25. The molecule has 20 heavy (non-hydrogen) atoms. The minimum atomic E-state index is -0.819. The second kappa shape index (κ2) is 7.76. The largest absolute Gasteiger partial charge is 0.494 e. The maximum atomic E-state index is 11.3. The van der Waals surface area contributed by atoms with E-state index in [-0.39, 0.29) is 0 Å². The number of rotatable bonds is 6. The predicted molar refractivity (Wildman–Crippen MR) is 83.4 cm³/mol. The van der Waals surface area contributed by atoms with Crippen molar-refractivity contribution in [3.8, 4) is 5.75 Å². The Morgan fingerprint density at radius 1 is 1.15 bits per heavy atom. The fourth-order valence-electron chi connectivity index (χ4n) is 2.32. The number of hydrogen-bond acceptors (Lipinski definition) is 3. The second-order valence-corrected chi connectivity index (χ2v) is 6.57. The number of piperazine rings is 1. The highest BCUT2D eigenvalue weighted by molar-refractivity contribution is 7.81. The Kier molecular flexibility index (Phi) is 6.01. The van der Waals surface area contributed by atoms with E-state index in [2.05, 4.69) is 24.0 Å². The van der Waals surface area contributed by atoms with Crippen molar-refractivity contribution in [1.29, 1.82) is 0 Å². The predicted octanol–water partition coefficient (Wildman–Crippen LogP) is 1.68. The Bertz CT molecular complexity index is 428. The number of benzene rings is 1. The van der Waals surface area contributed by atoms with Gasteiger partial charge in [-0.3, -0.25) is 0 Å². The first-order valence-corrected chi connectivity index (χ1v) is 8.67. The highest BCUT2D eigenvalue weighted by atomic mass is 32.2. The Morgan fingerprint density at radius 2 is 1.80 bits per heavy atom. The maximum Gasteiger partial charge on any atom is 0.119 e. The molecule has 0 radical (unpaired) electrons. The van der Waals surface area contributed by atoms with Gasteiger partial charge in [-0.1, -0.05) is 17.7 Å². The van der Waals surface area contributed by atoms with E-state index in [4.69, 9.17) is 4.74 Å². The number of ether oxygens (including phenoxy) is 1. The highest BCUT2D eigenvalue weighted by Gasteiger charge is 2.18. The third kappa shape index (κ3) is 4.89. The van der Waals surface area contributed by atoms with Crippen molar-refractivity contribution in [1.82, 2.24) is 9.21 Å². The van der Waals surface area contributed by atoms with Crippen LogP contribution in [-0.2, 0) is 11.0 Å². The minimum absolute atomic E-state index is 0.753. The molecule has 1 aromatic rings. The standard InChI is InChI=1S/C15H24N2O2S/c1-14-4-6-15(7-5-14)19-13-3-8-16-9-11-17(12-10-16)20(2)18/h4-7H,3,8-13H2,1-2H3. The Morgan fingerprint density at radius 3 is 2.40 bits per heavy atom. The van der Waals surface area contributed by atoms with E-state index in [0.717, 1.165) is 51.5 Å². The molecule has 2 rings (SSSR count). The SMILES string of the molecule is Cc1ccc(OCCCN2CCN(S(C)=O)CC2)cc1. The lowest BCUT2D eigenvalue weighted by Crippen LogP contribution is -2.46.